The van der Waals surface area contributed by atoms with Crippen LogP contribution < -0.4 is 10.2 Å². The number of aromatic nitrogens is 2. The van der Waals surface area contributed by atoms with E-state index in [0.717, 1.165) is 28.3 Å². The van der Waals surface area contributed by atoms with Crippen LogP contribution in [-0.2, 0) is 19.1 Å². The molecular weight excluding hydrogens is 444 g/mol. The maximum atomic E-state index is 11.4. The molecule has 0 aliphatic heterocycles. The summed E-state index contributed by atoms with van der Waals surface area (Å²) in [4.78, 5) is 34.2. The number of nitrogens with one attached hydrogen (secondary N) is 1. The van der Waals surface area contributed by atoms with E-state index < -0.39 is 11.8 Å². The van der Waals surface area contributed by atoms with Crippen molar-refractivity contribution in [1.82, 2.24) is 15.3 Å². The zero-order chi connectivity index (χ0) is 25.0. The molecule has 3 aromatic rings. The molecule has 0 aliphatic rings. The molecule has 0 atom stereocenters. The third-order valence-corrected chi connectivity index (χ3v) is 5.17. The third-order valence-electron chi connectivity index (χ3n) is 5.17. The van der Waals surface area contributed by atoms with Gasteiger partial charge in [0.1, 0.15) is 12.4 Å². The molecule has 8 heteroatoms. The lowest BCUT2D eigenvalue weighted by atomic mass is 10.0. The van der Waals surface area contributed by atoms with E-state index in [-0.39, 0.29) is 19.3 Å². The number of nitrogens with zero attached hydrogens (tertiary/aromatic N) is 3. The fourth-order valence-corrected chi connectivity index (χ4v) is 3.54. The Bertz CT molecular complexity index is 1090. The Kier molecular flexibility index (Phi) is 9.89. The lowest BCUT2D eigenvalue weighted by Crippen LogP contribution is -2.35. The zero-order valence-corrected chi connectivity index (χ0v) is 20.4. The SMILES string of the molecule is CC(=O)NC(=O)COCCOCCN(c1cnc(-c2ccccc2)c(-c2ccccc2)n1)C(C)C. The molecule has 0 saturated heterocycles. The smallest absolute Gasteiger partial charge is 0.252 e. The van der Waals surface area contributed by atoms with E-state index in [9.17, 15) is 9.59 Å². The van der Waals surface area contributed by atoms with Crippen molar-refractivity contribution in [2.24, 2.45) is 0 Å². The van der Waals surface area contributed by atoms with Gasteiger partial charge in [-0.1, -0.05) is 60.7 Å². The molecule has 8 nitrogen and oxygen atoms in total. The second kappa shape index (κ2) is 13.3. The minimum Gasteiger partial charge on any atom is -0.377 e. The monoisotopic (exact) mass is 476 g/mol. The minimum absolute atomic E-state index is 0.174. The maximum absolute atomic E-state index is 11.4. The second-order valence-electron chi connectivity index (χ2n) is 8.21. The first-order valence-corrected chi connectivity index (χ1v) is 11.7. The fraction of sp³-hybridized carbons (Fsp3) is 0.333. The van der Waals surface area contributed by atoms with Crippen LogP contribution in [0.15, 0.2) is 66.9 Å². The fourth-order valence-electron chi connectivity index (χ4n) is 3.54. The molecule has 0 fully saturated rings. The van der Waals surface area contributed by atoms with Crippen LogP contribution in [0, 0.1) is 0 Å². The lowest BCUT2D eigenvalue weighted by Gasteiger charge is -2.28. The highest BCUT2D eigenvalue weighted by Gasteiger charge is 2.17. The number of amides is 2. The Morgan fingerprint density at radius 3 is 2.09 bits per heavy atom. The van der Waals surface area contributed by atoms with E-state index in [1.165, 1.54) is 6.92 Å². The van der Waals surface area contributed by atoms with E-state index in [1.54, 1.807) is 0 Å². The standard InChI is InChI=1S/C27H32N4O4/c1-20(2)31(14-15-34-16-17-35-19-25(33)29-21(3)32)24-18-28-26(22-10-6-4-7-11-22)27(30-24)23-12-8-5-9-13-23/h4-13,18,20H,14-17,19H2,1-3H3,(H,29,32,33). The second-order valence-corrected chi connectivity index (χ2v) is 8.21. The Balaban J connectivity index is 1.65. The molecule has 0 spiro atoms. The summed E-state index contributed by atoms with van der Waals surface area (Å²) < 4.78 is 10.9. The molecular formula is C27H32N4O4. The molecule has 1 N–H and O–H groups in total. The van der Waals surface area contributed by atoms with Gasteiger partial charge in [0.25, 0.3) is 5.91 Å². The van der Waals surface area contributed by atoms with Crippen molar-refractivity contribution in [2.75, 3.05) is 37.9 Å². The summed E-state index contributed by atoms with van der Waals surface area (Å²) in [6.45, 7) is 7.00. The van der Waals surface area contributed by atoms with E-state index >= 15 is 0 Å². The first-order chi connectivity index (χ1) is 17.0. The van der Waals surface area contributed by atoms with Crippen molar-refractivity contribution in [2.45, 2.75) is 26.8 Å². The van der Waals surface area contributed by atoms with Gasteiger partial charge in [-0.25, -0.2) is 4.98 Å². The van der Waals surface area contributed by atoms with E-state index in [2.05, 4.69) is 24.1 Å². The van der Waals surface area contributed by atoms with E-state index in [1.807, 2.05) is 66.9 Å². The first-order valence-electron chi connectivity index (χ1n) is 11.7. The van der Waals surface area contributed by atoms with Crippen molar-refractivity contribution < 1.29 is 19.1 Å². The number of hydrogen-bond acceptors (Lipinski definition) is 7. The van der Waals surface area contributed by atoms with Crippen LogP contribution >= 0.6 is 0 Å². The summed E-state index contributed by atoms with van der Waals surface area (Å²) in [5.74, 6) is -0.0894. The van der Waals surface area contributed by atoms with Crippen LogP contribution in [0.25, 0.3) is 22.5 Å². The van der Waals surface area contributed by atoms with Crippen molar-refractivity contribution in [3.63, 3.8) is 0 Å². The molecule has 184 valence electrons. The van der Waals surface area contributed by atoms with Gasteiger partial charge in [0, 0.05) is 30.6 Å². The molecule has 2 amide bonds. The van der Waals surface area contributed by atoms with E-state index in [4.69, 9.17) is 19.4 Å². The van der Waals surface area contributed by atoms with Crippen LogP contribution in [0.4, 0.5) is 5.82 Å². The van der Waals surface area contributed by atoms with Crippen LogP contribution in [0.2, 0.25) is 0 Å². The highest BCUT2D eigenvalue weighted by atomic mass is 16.5. The molecule has 0 unspecified atom stereocenters. The topological polar surface area (TPSA) is 93.7 Å². The summed E-state index contributed by atoms with van der Waals surface area (Å²) in [7, 11) is 0. The Labute approximate surface area is 206 Å². The molecule has 3 rings (SSSR count). The largest absolute Gasteiger partial charge is 0.377 e. The zero-order valence-electron chi connectivity index (χ0n) is 20.4. The molecule has 1 heterocycles. The number of carbonyl (C=O) groups excluding carboxylic acids is 2. The Morgan fingerprint density at radius 1 is 0.886 bits per heavy atom. The number of rotatable bonds is 12. The average molecular weight is 477 g/mol. The molecule has 35 heavy (non-hydrogen) atoms. The van der Waals surface area contributed by atoms with Gasteiger partial charge < -0.3 is 14.4 Å². The number of carbonyl (C=O) groups is 2. The summed E-state index contributed by atoms with van der Waals surface area (Å²) in [5, 5.41) is 2.16. The number of anilines is 1. The van der Waals surface area contributed by atoms with Crippen LogP contribution in [0.5, 0.6) is 0 Å². The predicted octanol–water partition coefficient (Wildman–Crippen LogP) is 3.72. The van der Waals surface area contributed by atoms with Gasteiger partial charge in [0.2, 0.25) is 5.91 Å². The first kappa shape index (κ1) is 26.0. The van der Waals surface area contributed by atoms with Gasteiger partial charge >= 0.3 is 0 Å². The predicted molar refractivity (Wildman–Crippen MR) is 136 cm³/mol. The van der Waals surface area contributed by atoms with Gasteiger partial charge in [-0.15, -0.1) is 0 Å². The van der Waals surface area contributed by atoms with Gasteiger partial charge in [-0.3, -0.25) is 19.9 Å². The lowest BCUT2D eigenvalue weighted by molar-refractivity contribution is -0.132. The van der Waals surface area contributed by atoms with Crippen LogP contribution in [-0.4, -0.2) is 60.8 Å². The van der Waals surface area contributed by atoms with Crippen molar-refractivity contribution >= 4 is 17.6 Å². The van der Waals surface area contributed by atoms with Gasteiger partial charge in [0.05, 0.1) is 37.4 Å². The van der Waals surface area contributed by atoms with Crippen LogP contribution in [0.3, 0.4) is 0 Å². The van der Waals surface area contributed by atoms with E-state index in [0.29, 0.717) is 19.8 Å². The molecule has 0 bridgehead atoms. The van der Waals surface area contributed by atoms with Gasteiger partial charge in [-0.2, -0.15) is 0 Å². The minimum atomic E-state index is -0.463. The number of ether oxygens (including phenoxy) is 2. The van der Waals surface area contributed by atoms with Crippen molar-refractivity contribution in [3.8, 4) is 22.5 Å². The molecule has 0 saturated carbocycles. The van der Waals surface area contributed by atoms with Crippen molar-refractivity contribution in [3.05, 3.63) is 66.9 Å². The quantitative estimate of drug-likeness (QED) is 0.398. The summed E-state index contributed by atoms with van der Waals surface area (Å²) in [6.07, 6.45) is 1.81. The summed E-state index contributed by atoms with van der Waals surface area (Å²) in [6, 6.07) is 20.3. The highest BCUT2D eigenvalue weighted by Crippen LogP contribution is 2.30. The Morgan fingerprint density at radius 2 is 1.49 bits per heavy atom. The molecule has 1 aromatic heterocycles. The third kappa shape index (κ3) is 7.98. The highest BCUT2D eigenvalue weighted by molar-refractivity contribution is 5.94. The number of benzene rings is 2. The average Bonchev–Trinajstić information content (AvgIpc) is 2.86. The molecule has 0 aliphatic carbocycles. The summed E-state index contributed by atoms with van der Waals surface area (Å²) in [5.41, 5.74) is 3.69. The Hall–Kier alpha value is -3.62. The van der Waals surface area contributed by atoms with Gasteiger partial charge in [-0.05, 0) is 13.8 Å². The number of hydrogen-bond donors (Lipinski definition) is 1. The maximum Gasteiger partial charge on any atom is 0.252 e. The van der Waals surface area contributed by atoms with Crippen molar-refractivity contribution in [1.29, 1.82) is 0 Å². The molecule has 0 radical (unpaired) electrons. The molecule has 2 aromatic carbocycles. The summed E-state index contributed by atoms with van der Waals surface area (Å²) >= 11 is 0. The van der Waals surface area contributed by atoms with Crippen LogP contribution in [0.1, 0.15) is 20.8 Å². The normalized spacial score (nSPS) is 10.9. The van der Waals surface area contributed by atoms with Gasteiger partial charge in [0.15, 0.2) is 0 Å². The number of imide groups is 1.